The summed E-state index contributed by atoms with van der Waals surface area (Å²) in [7, 11) is 2.16. The summed E-state index contributed by atoms with van der Waals surface area (Å²) in [6.07, 6.45) is 7.04. The number of hydrogen-bond acceptors (Lipinski definition) is 3. The third-order valence-electron chi connectivity index (χ3n) is 6.29. The molecule has 0 aromatic carbocycles. The largest absolute Gasteiger partial charge is 0.315 e. The lowest BCUT2D eigenvalue weighted by Gasteiger charge is -2.48. The molecule has 0 amide bonds. The number of rotatable bonds is 3. The van der Waals surface area contributed by atoms with Gasteiger partial charge < -0.3 is 5.32 Å². The van der Waals surface area contributed by atoms with Crippen LogP contribution in [-0.2, 0) is 0 Å². The minimum Gasteiger partial charge on any atom is -0.315 e. The van der Waals surface area contributed by atoms with E-state index in [0.717, 1.165) is 18.0 Å². The first-order chi connectivity index (χ1) is 9.99. The van der Waals surface area contributed by atoms with Crippen molar-refractivity contribution in [2.75, 3.05) is 33.2 Å². The average molecular weight is 293 g/mol. The average Bonchev–Trinajstić information content (AvgIpc) is 3.30. The van der Waals surface area contributed by atoms with Crippen LogP contribution in [0.4, 0.5) is 0 Å². The lowest BCUT2D eigenvalue weighted by Crippen LogP contribution is -2.58. The Morgan fingerprint density at radius 2 is 1.48 bits per heavy atom. The summed E-state index contributed by atoms with van der Waals surface area (Å²) in [5.41, 5.74) is 0.465. The Bertz CT molecular complexity index is 337. The fourth-order valence-electron chi connectivity index (χ4n) is 4.55. The molecule has 2 saturated carbocycles. The van der Waals surface area contributed by atoms with Gasteiger partial charge in [0.1, 0.15) is 0 Å². The predicted molar refractivity (Wildman–Crippen MR) is 89.6 cm³/mol. The lowest BCUT2D eigenvalue weighted by atomic mass is 9.69. The third kappa shape index (κ3) is 3.62. The molecule has 3 nitrogen and oxygen atoms in total. The maximum atomic E-state index is 3.61. The normalized spacial score (nSPS) is 36.9. The van der Waals surface area contributed by atoms with E-state index < -0.39 is 0 Å². The van der Waals surface area contributed by atoms with Crippen LogP contribution in [0.3, 0.4) is 0 Å². The van der Waals surface area contributed by atoms with Crippen LogP contribution in [-0.4, -0.2) is 61.2 Å². The number of hydrogen-bond donors (Lipinski definition) is 1. The van der Waals surface area contributed by atoms with Crippen LogP contribution in [0.5, 0.6) is 0 Å². The van der Waals surface area contributed by atoms with Crippen molar-refractivity contribution in [3.05, 3.63) is 0 Å². The van der Waals surface area contributed by atoms with E-state index >= 15 is 0 Å². The molecular formula is C18H35N3. The van der Waals surface area contributed by atoms with Gasteiger partial charge >= 0.3 is 0 Å². The maximum absolute atomic E-state index is 3.61. The summed E-state index contributed by atoms with van der Waals surface area (Å²) in [5.74, 6) is 0.883. The van der Waals surface area contributed by atoms with E-state index in [1.165, 1.54) is 58.3 Å². The molecule has 3 aliphatic rings. The fraction of sp³-hybridized carbons (Fsp3) is 1.00. The van der Waals surface area contributed by atoms with Gasteiger partial charge in [-0.25, -0.2) is 0 Å². The topological polar surface area (TPSA) is 18.5 Å². The highest BCUT2D eigenvalue weighted by atomic mass is 15.3. The van der Waals surface area contributed by atoms with Crippen molar-refractivity contribution in [3.63, 3.8) is 0 Å². The van der Waals surface area contributed by atoms with E-state index in [1.807, 2.05) is 0 Å². The number of likely N-dealkylation sites (N-methyl/N-ethyl adjacent to an activating group) is 1. The summed E-state index contributed by atoms with van der Waals surface area (Å²) in [4.78, 5) is 5.53. The molecular weight excluding hydrogens is 258 g/mol. The number of nitrogens with zero attached hydrogens (tertiary/aromatic N) is 2. The second-order valence-corrected chi connectivity index (χ2v) is 8.64. The molecule has 1 aliphatic heterocycles. The van der Waals surface area contributed by atoms with Crippen molar-refractivity contribution in [3.8, 4) is 0 Å². The molecule has 0 aromatic rings. The van der Waals surface area contributed by atoms with Gasteiger partial charge in [0.25, 0.3) is 0 Å². The van der Waals surface area contributed by atoms with E-state index in [1.54, 1.807) is 0 Å². The highest BCUT2D eigenvalue weighted by Crippen LogP contribution is 2.39. The van der Waals surface area contributed by atoms with Gasteiger partial charge in [0.05, 0.1) is 0 Å². The molecule has 21 heavy (non-hydrogen) atoms. The SMILES string of the molecule is CNC1CCC(C(C)(C)C)CC1N1CCN(C2CC2)CC1. The highest BCUT2D eigenvalue weighted by molar-refractivity contribution is 4.96. The van der Waals surface area contributed by atoms with Gasteiger partial charge in [-0.2, -0.15) is 0 Å². The minimum atomic E-state index is 0.465. The summed E-state index contributed by atoms with van der Waals surface area (Å²) in [6.45, 7) is 12.5. The Hall–Kier alpha value is -0.120. The molecule has 3 heteroatoms. The van der Waals surface area contributed by atoms with Crippen molar-refractivity contribution in [1.29, 1.82) is 0 Å². The number of piperazine rings is 1. The molecule has 0 bridgehead atoms. The molecule has 0 radical (unpaired) electrons. The molecule has 1 N–H and O–H groups in total. The van der Waals surface area contributed by atoms with Gasteiger partial charge in [-0.15, -0.1) is 0 Å². The Balaban J connectivity index is 1.60. The van der Waals surface area contributed by atoms with E-state index in [2.05, 4.69) is 42.9 Å². The molecule has 1 saturated heterocycles. The second kappa shape index (κ2) is 6.17. The van der Waals surface area contributed by atoms with Crippen LogP contribution in [0, 0.1) is 11.3 Å². The van der Waals surface area contributed by atoms with Gasteiger partial charge in [-0.1, -0.05) is 20.8 Å². The summed E-state index contributed by atoms with van der Waals surface area (Å²) in [5, 5.41) is 3.61. The molecule has 2 aliphatic carbocycles. The molecule has 3 rings (SSSR count). The first kappa shape index (κ1) is 15.8. The first-order valence-electron chi connectivity index (χ1n) is 9.14. The van der Waals surface area contributed by atoms with E-state index in [9.17, 15) is 0 Å². The molecule has 1 heterocycles. The Morgan fingerprint density at radius 3 is 2.00 bits per heavy atom. The zero-order chi connectivity index (χ0) is 15.0. The van der Waals surface area contributed by atoms with Crippen molar-refractivity contribution >= 4 is 0 Å². The van der Waals surface area contributed by atoms with Crippen LogP contribution >= 0.6 is 0 Å². The molecule has 3 atom stereocenters. The highest BCUT2D eigenvalue weighted by Gasteiger charge is 2.40. The van der Waals surface area contributed by atoms with Crippen molar-refractivity contribution < 1.29 is 0 Å². The van der Waals surface area contributed by atoms with Gasteiger partial charge in [0.2, 0.25) is 0 Å². The molecule has 122 valence electrons. The van der Waals surface area contributed by atoms with Gasteiger partial charge in [0, 0.05) is 44.3 Å². The van der Waals surface area contributed by atoms with Crippen LogP contribution in [0.15, 0.2) is 0 Å². The van der Waals surface area contributed by atoms with Crippen LogP contribution in [0.25, 0.3) is 0 Å². The standard InChI is InChI=1S/C18H35N3/c1-18(2,3)14-5-8-16(19-4)17(13-14)21-11-9-20(10-12-21)15-6-7-15/h14-17,19H,5-13H2,1-4H3. The van der Waals surface area contributed by atoms with Crippen LogP contribution < -0.4 is 5.32 Å². The van der Waals surface area contributed by atoms with Crippen LogP contribution in [0.1, 0.15) is 52.9 Å². The first-order valence-corrected chi connectivity index (χ1v) is 9.14. The third-order valence-corrected chi connectivity index (χ3v) is 6.29. The molecule has 3 unspecified atom stereocenters. The maximum Gasteiger partial charge on any atom is 0.0253 e. The van der Waals surface area contributed by atoms with Crippen molar-refractivity contribution in [1.82, 2.24) is 15.1 Å². The molecule has 0 spiro atoms. The van der Waals surface area contributed by atoms with Gasteiger partial charge in [-0.05, 0) is 50.5 Å². The number of nitrogens with one attached hydrogen (secondary N) is 1. The Kier molecular flexibility index (Phi) is 4.63. The van der Waals surface area contributed by atoms with E-state index in [-0.39, 0.29) is 0 Å². The Morgan fingerprint density at radius 1 is 0.857 bits per heavy atom. The lowest BCUT2D eigenvalue weighted by molar-refractivity contribution is 0.0264. The van der Waals surface area contributed by atoms with Crippen molar-refractivity contribution in [2.45, 2.75) is 71.0 Å². The van der Waals surface area contributed by atoms with Crippen LogP contribution in [0.2, 0.25) is 0 Å². The summed E-state index contributed by atoms with van der Waals surface area (Å²) in [6, 6.07) is 2.41. The Labute approximate surface area is 131 Å². The minimum absolute atomic E-state index is 0.465. The zero-order valence-electron chi connectivity index (χ0n) is 14.6. The van der Waals surface area contributed by atoms with E-state index in [4.69, 9.17) is 0 Å². The summed E-state index contributed by atoms with van der Waals surface area (Å²) >= 11 is 0. The fourth-order valence-corrected chi connectivity index (χ4v) is 4.55. The zero-order valence-corrected chi connectivity index (χ0v) is 14.6. The van der Waals surface area contributed by atoms with E-state index in [0.29, 0.717) is 11.5 Å². The van der Waals surface area contributed by atoms with Crippen molar-refractivity contribution in [2.24, 2.45) is 11.3 Å². The molecule has 0 aromatic heterocycles. The summed E-state index contributed by atoms with van der Waals surface area (Å²) < 4.78 is 0. The second-order valence-electron chi connectivity index (χ2n) is 8.64. The smallest absolute Gasteiger partial charge is 0.0253 e. The predicted octanol–water partition coefficient (Wildman–Crippen LogP) is 2.57. The quantitative estimate of drug-likeness (QED) is 0.863. The van der Waals surface area contributed by atoms with Gasteiger partial charge in [0.15, 0.2) is 0 Å². The van der Waals surface area contributed by atoms with Gasteiger partial charge in [-0.3, -0.25) is 9.80 Å². The molecule has 3 fully saturated rings. The monoisotopic (exact) mass is 293 g/mol.